The molecule has 1 aliphatic rings. The van der Waals surface area contributed by atoms with E-state index < -0.39 is 65.3 Å². The maximum atomic E-state index is 15.2. The van der Waals surface area contributed by atoms with Crippen LogP contribution in [-0.4, -0.2) is 70.2 Å². The number of nitrogens with two attached hydrogens (primary N) is 1. The number of alkyl halides is 2. The number of nitrogen functional groups attached to an aromatic ring is 1. The Hall–Kier alpha value is -0.750. The standard InChI is InChI=1S/C10H16F2N3O13P3S/c11-3-9(17)6(16)10(12,26-7(9)15-2-1-5(13)14-8(15)32)4-25-30(21,22)28-31(23,24)27-29(18,19)20/h1-2,6-7,16-17H,3-4H2,(H,21,22)(H,23,24)(H2,13,14,32)(H2,18,19,20)/t6-,7-,9?,10-/m1/s1. The predicted molar refractivity (Wildman–Crippen MR) is 98.2 cm³/mol. The maximum Gasteiger partial charge on any atom is 0.490 e. The number of nitrogens with zero attached hydrogens (tertiary/aromatic N) is 2. The molecule has 0 bridgehead atoms. The van der Waals surface area contributed by atoms with Crippen molar-refractivity contribution in [3.63, 3.8) is 0 Å². The summed E-state index contributed by atoms with van der Waals surface area (Å²) in [5, 5.41) is 20.5. The molecule has 2 rings (SSSR count). The van der Waals surface area contributed by atoms with Crippen LogP contribution in [-0.2, 0) is 31.6 Å². The summed E-state index contributed by atoms with van der Waals surface area (Å²) in [7, 11) is -17.4. The fraction of sp³-hybridized carbons (Fsp3) is 0.600. The number of phosphoric ester groups is 1. The number of hydrogen-bond donors (Lipinski definition) is 7. The largest absolute Gasteiger partial charge is 0.490 e. The fourth-order valence-electron chi connectivity index (χ4n) is 2.49. The highest BCUT2D eigenvalue weighted by molar-refractivity contribution is 7.71. The third-order valence-electron chi connectivity index (χ3n) is 3.78. The van der Waals surface area contributed by atoms with Crippen molar-refractivity contribution in [3.05, 3.63) is 17.0 Å². The second-order valence-electron chi connectivity index (χ2n) is 6.19. The molecule has 2 heterocycles. The minimum atomic E-state index is -5.91. The Balaban J connectivity index is 2.26. The zero-order valence-corrected chi connectivity index (χ0v) is 18.7. The summed E-state index contributed by atoms with van der Waals surface area (Å²) in [4.78, 5) is 39.0. The van der Waals surface area contributed by atoms with Crippen LogP contribution in [0.15, 0.2) is 12.3 Å². The molecule has 8 N–H and O–H groups in total. The van der Waals surface area contributed by atoms with Crippen molar-refractivity contribution in [2.24, 2.45) is 0 Å². The molecule has 0 radical (unpaired) electrons. The number of anilines is 1. The number of aromatic nitrogens is 2. The van der Waals surface area contributed by atoms with E-state index in [1.807, 2.05) is 0 Å². The lowest BCUT2D eigenvalue weighted by atomic mass is 9.94. The van der Waals surface area contributed by atoms with E-state index in [0.29, 0.717) is 4.57 Å². The van der Waals surface area contributed by atoms with E-state index in [4.69, 9.17) is 37.4 Å². The molecule has 184 valence electrons. The van der Waals surface area contributed by atoms with Gasteiger partial charge >= 0.3 is 23.5 Å². The first-order valence-corrected chi connectivity index (χ1v) is 12.7. The molecule has 32 heavy (non-hydrogen) atoms. The maximum absolute atomic E-state index is 15.2. The van der Waals surface area contributed by atoms with E-state index in [0.717, 1.165) is 12.3 Å². The molecule has 1 saturated heterocycles. The van der Waals surface area contributed by atoms with Crippen molar-refractivity contribution in [1.82, 2.24) is 9.55 Å². The van der Waals surface area contributed by atoms with Crippen LogP contribution in [0.5, 0.6) is 0 Å². The van der Waals surface area contributed by atoms with Gasteiger partial charge in [0.05, 0.1) is 0 Å². The predicted octanol–water partition coefficient (Wildman–Crippen LogP) is -0.206. The molecule has 0 aliphatic carbocycles. The van der Waals surface area contributed by atoms with Gasteiger partial charge in [0.15, 0.2) is 17.9 Å². The Labute approximate surface area is 181 Å². The van der Waals surface area contributed by atoms with Crippen LogP contribution < -0.4 is 5.73 Å². The molecule has 22 heteroatoms. The van der Waals surface area contributed by atoms with Crippen molar-refractivity contribution in [2.75, 3.05) is 19.0 Å². The lowest BCUT2D eigenvalue weighted by Crippen LogP contribution is -2.52. The van der Waals surface area contributed by atoms with Crippen molar-refractivity contribution in [1.29, 1.82) is 0 Å². The van der Waals surface area contributed by atoms with Crippen LogP contribution in [0.3, 0.4) is 0 Å². The highest BCUT2D eigenvalue weighted by Gasteiger charge is 2.66. The van der Waals surface area contributed by atoms with Crippen LogP contribution in [0.25, 0.3) is 0 Å². The third kappa shape index (κ3) is 6.22. The summed E-state index contributed by atoms with van der Waals surface area (Å²) in [6.45, 7) is -3.65. The molecular weight excluding hydrogens is 533 g/mol. The highest BCUT2D eigenvalue weighted by Crippen LogP contribution is 2.66. The van der Waals surface area contributed by atoms with Gasteiger partial charge in [-0.25, -0.2) is 27.5 Å². The second-order valence-corrected chi connectivity index (χ2v) is 11.0. The van der Waals surface area contributed by atoms with E-state index in [1.165, 1.54) is 0 Å². The van der Waals surface area contributed by atoms with Gasteiger partial charge in [0.25, 0.3) is 5.85 Å². The monoisotopic (exact) mass is 549 g/mol. The van der Waals surface area contributed by atoms with Crippen LogP contribution in [0.1, 0.15) is 6.23 Å². The highest BCUT2D eigenvalue weighted by atomic mass is 32.1. The number of aliphatic hydroxyl groups excluding tert-OH is 1. The van der Waals surface area contributed by atoms with Crippen molar-refractivity contribution >= 4 is 41.5 Å². The normalized spacial score (nSPS) is 32.4. The zero-order chi connectivity index (χ0) is 24.8. The van der Waals surface area contributed by atoms with Crippen LogP contribution in [0.4, 0.5) is 14.6 Å². The molecule has 1 aliphatic heterocycles. The minimum Gasteiger partial charge on any atom is -0.384 e. The summed E-state index contributed by atoms with van der Waals surface area (Å²) in [6, 6.07) is 1.11. The molecule has 0 aromatic carbocycles. The van der Waals surface area contributed by atoms with Gasteiger partial charge in [-0.15, -0.1) is 0 Å². The average molecular weight is 549 g/mol. The van der Waals surface area contributed by atoms with Crippen molar-refractivity contribution < 1.29 is 70.1 Å². The van der Waals surface area contributed by atoms with Crippen molar-refractivity contribution in [3.8, 4) is 0 Å². The van der Waals surface area contributed by atoms with E-state index in [9.17, 15) is 33.2 Å². The van der Waals surface area contributed by atoms with Gasteiger partial charge in [-0.1, -0.05) is 0 Å². The molecule has 0 amide bonds. The number of hydrogen-bond acceptors (Lipinski definition) is 12. The van der Waals surface area contributed by atoms with Gasteiger partial charge in [0, 0.05) is 6.20 Å². The van der Waals surface area contributed by atoms with Crippen LogP contribution in [0, 0.1) is 4.77 Å². The van der Waals surface area contributed by atoms with E-state index in [2.05, 4.69) is 18.1 Å². The number of aliphatic hydroxyl groups is 2. The molecule has 1 aromatic heterocycles. The van der Waals surface area contributed by atoms with Gasteiger partial charge in [-0.05, 0) is 18.3 Å². The number of halogens is 2. The Kier molecular flexibility index (Phi) is 7.84. The average Bonchev–Trinajstić information content (AvgIpc) is 2.80. The van der Waals surface area contributed by atoms with Gasteiger partial charge in [-0.2, -0.15) is 8.62 Å². The first-order valence-electron chi connectivity index (χ1n) is 7.80. The molecule has 3 unspecified atom stereocenters. The smallest absolute Gasteiger partial charge is 0.384 e. The number of ether oxygens (including phenoxy) is 1. The molecule has 16 nitrogen and oxygen atoms in total. The lowest BCUT2D eigenvalue weighted by molar-refractivity contribution is -0.204. The van der Waals surface area contributed by atoms with E-state index >= 15 is 4.39 Å². The van der Waals surface area contributed by atoms with Crippen molar-refractivity contribution in [2.45, 2.75) is 23.8 Å². The van der Waals surface area contributed by atoms with Gasteiger partial charge < -0.3 is 40.3 Å². The van der Waals surface area contributed by atoms with E-state index in [-0.39, 0.29) is 5.82 Å². The molecule has 6 atom stereocenters. The van der Waals surface area contributed by atoms with Gasteiger partial charge in [0.1, 0.15) is 19.1 Å². The van der Waals surface area contributed by atoms with Crippen LogP contribution >= 0.6 is 35.7 Å². The molecule has 1 aromatic rings. The quantitative estimate of drug-likeness (QED) is 0.155. The summed E-state index contributed by atoms with van der Waals surface area (Å²) in [6.07, 6.45) is -3.88. The Bertz CT molecular complexity index is 1070. The van der Waals surface area contributed by atoms with Gasteiger partial charge in [0.2, 0.25) is 4.77 Å². The zero-order valence-electron chi connectivity index (χ0n) is 15.2. The number of phosphoric acid groups is 3. The van der Waals surface area contributed by atoms with E-state index in [1.54, 1.807) is 0 Å². The first kappa shape index (κ1) is 27.5. The molecule has 1 fully saturated rings. The third-order valence-corrected chi connectivity index (χ3v) is 7.86. The summed E-state index contributed by atoms with van der Waals surface area (Å²) >= 11 is 4.85. The summed E-state index contributed by atoms with van der Waals surface area (Å²) in [5.74, 6) is -3.75. The first-order chi connectivity index (χ1) is 14.3. The van der Waals surface area contributed by atoms with Crippen LogP contribution in [0.2, 0.25) is 0 Å². The molecular formula is C10H16F2N3O13P3S. The minimum absolute atomic E-state index is 0.104. The molecule has 0 saturated carbocycles. The lowest BCUT2D eigenvalue weighted by Gasteiger charge is -2.29. The molecule has 0 spiro atoms. The van der Waals surface area contributed by atoms with Gasteiger partial charge in [-0.3, -0.25) is 9.09 Å². The summed E-state index contributed by atoms with van der Waals surface area (Å²) in [5.41, 5.74) is 2.37. The Morgan fingerprint density at radius 2 is 1.84 bits per heavy atom. The Morgan fingerprint density at radius 3 is 2.34 bits per heavy atom. The Morgan fingerprint density at radius 1 is 1.25 bits per heavy atom. The fourth-order valence-corrected chi connectivity index (χ4v) is 5.78. The topological polar surface area (TPSA) is 253 Å². The number of rotatable bonds is 9. The SMILES string of the molecule is Nc1ccn([C@@H]2O[C@](F)(COP(=O)(O)OP(=O)(O)OP(=O)(O)O)[C@H](O)C2(O)CF)c(=S)n1. The summed E-state index contributed by atoms with van der Waals surface area (Å²) < 4.78 is 78.4. The second kappa shape index (κ2) is 9.13.